The van der Waals surface area contributed by atoms with Crippen molar-refractivity contribution < 1.29 is 4.79 Å². The molecule has 1 aromatic rings. The van der Waals surface area contributed by atoms with E-state index in [1.54, 1.807) is 29.6 Å². The highest BCUT2D eigenvalue weighted by Crippen LogP contribution is 1.91. The fourth-order valence-corrected chi connectivity index (χ4v) is 0.718. The zero-order valence-electron chi connectivity index (χ0n) is 7.64. The van der Waals surface area contributed by atoms with Gasteiger partial charge in [-0.05, 0) is 6.07 Å². The first-order chi connectivity index (χ1) is 6.20. The van der Waals surface area contributed by atoms with E-state index in [1.165, 1.54) is 6.08 Å². The molecule has 0 radical (unpaired) electrons. The van der Waals surface area contributed by atoms with Crippen molar-refractivity contribution in [3.05, 3.63) is 36.6 Å². The van der Waals surface area contributed by atoms with E-state index in [-0.39, 0.29) is 11.6 Å². The van der Waals surface area contributed by atoms with Crippen LogP contribution < -0.4 is 0 Å². The second-order valence-electron chi connectivity index (χ2n) is 2.72. The number of aromatic nitrogens is 2. The normalized spacial score (nSPS) is 10.3. The molecule has 13 heavy (non-hydrogen) atoms. The van der Waals surface area contributed by atoms with Crippen molar-refractivity contribution in [3.8, 4) is 0 Å². The summed E-state index contributed by atoms with van der Waals surface area (Å²) in [6.07, 6.45) is 6.20. The summed E-state index contributed by atoms with van der Waals surface area (Å²) in [7, 11) is 3.69. The van der Waals surface area contributed by atoms with Gasteiger partial charge in [0.05, 0.1) is 0 Å². The van der Waals surface area contributed by atoms with Crippen LogP contribution >= 0.6 is 0 Å². The number of ketones is 1. The molecule has 0 aliphatic rings. The Kier molecular flexibility index (Phi) is 3.14. The van der Waals surface area contributed by atoms with E-state index in [0.29, 0.717) is 0 Å². The molecule has 1 heterocycles. The molecule has 0 aliphatic carbocycles. The van der Waals surface area contributed by atoms with Gasteiger partial charge in [0.1, 0.15) is 0 Å². The highest BCUT2D eigenvalue weighted by Gasteiger charge is 2.02. The van der Waals surface area contributed by atoms with Crippen LogP contribution in [0.3, 0.4) is 0 Å². The van der Waals surface area contributed by atoms with E-state index in [0.717, 1.165) is 0 Å². The van der Waals surface area contributed by atoms with Crippen LogP contribution in [0.5, 0.6) is 0 Å². The number of allylic oxidation sites excluding steroid dienone is 1. The van der Waals surface area contributed by atoms with Crippen molar-refractivity contribution in [3.63, 3.8) is 0 Å². The highest BCUT2D eigenvalue weighted by molar-refractivity contribution is 6.01. The van der Waals surface area contributed by atoms with Gasteiger partial charge in [-0.3, -0.25) is 4.79 Å². The first-order valence-corrected chi connectivity index (χ1v) is 3.86. The Hall–Kier alpha value is -1.71. The maximum atomic E-state index is 11.3. The zero-order valence-corrected chi connectivity index (χ0v) is 7.64. The highest BCUT2D eigenvalue weighted by atomic mass is 16.1. The zero-order chi connectivity index (χ0) is 9.68. The maximum Gasteiger partial charge on any atom is 0.224 e. The number of carbonyl (C=O) groups is 1. The number of hydrogen-bond donors (Lipinski definition) is 0. The summed E-state index contributed by atoms with van der Waals surface area (Å²) < 4.78 is 0. The summed E-state index contributed by atoms with van der Waals surface area (Å²) in [4.78, 5) is 20.7. The lowest BCUT2D eigenvalue weighted by Gasteiger charge is -2.01. The molecule has 0 saturated heterocycles. The molecule has 0 atom stereocenters. The van der Waals surface area contributed by atoms with Gasteiger partial charge in [-0.2, -0.15) is 0 Å². The van der Waals surface area contributed by atoms with Gasteiger partial charge in [-0.1, -0.05) is 0 Å². The maximum absolute atomic E-state index is 11.3. The van der Waals surface area contributed by atoms with Gasteiger partial charge < -0.3 is 4.90 Å². The summed E-state index contributed by atoms with van der Waals surface area (Å²) in [6.45, 7) is 0. The molecule has 1 aromatic heterocycles. The Bertz CT molecular complexity index is 306. The Morgan fingerprint density at radius 1 is 1.38 bits per heavy atom. The van der Waals surface area contributed by atoms with Gasteiger partial charge in [-0.15, -0.1) is 0 Å². The number of nitrogens with zero attached hydrogens (tertiary/aromatic N) is 3. The predicted molar refractivity (Wildman–Crippen MR) is 49.2 cm³/mol. The van der Waals surface area contributed by atoms with Crippen LogP contribution in [0.4, 0.5) is 0 Å². The van der Waals surface area contributed by atoms with Crippen LogP contribution in [0, 0.1) is 0 Å². The van der Waals surface area contributed by atoms with Crippen LogP contribution in [0.1, 0.15) is 10.6 Å². The third-order valence-corrected chi connectivity index (χ3v) is 1.31. The van der Waals surface area contributed by atoms with Crippen LogP contribution in [0.15, 0.2) is 30.7 Å². The molecule has 0 bridgehead atoms. The topological polar surface area (TPSA) is 46.1 Å². The predicted octanol–water partition coefficient (Wildman–Crippen LogP) is 0.735. The lowest BCUT2D eigenvalue weighted by molar-refractivity contribution is 0.103. The minimum absolute atomic E-state index is 0.186. The number of rotatable bonds is 3. The monoisotopic (exact) mass is 177 g/mol. The molecule has 4 heteroatoms. The average molecular weight is 177 g/mol. The van der Waals surface area contributed by atoms with E-state index in [2.05, 4.69) is 9.97 Å². The average Bonchev–Trinajstić information content (AvgIpc) is 2.15. The van der Waals surface area contributed by atoms with Crippen molar-refractivity contribution in [2.24, 2.45) is 0 Å². The van der Waals surface area contributed by atoms with Crippen LogP contribution in [-0.2, 0) is 0 Å². The van der Waals surface area contributed by atoms with Crippen molar-refractivity contribution >= 4 is 5.78 Å². The van der Waals surface area contributed by atoms with Crippen molar-refractivity contribution in [1.29, 1.82) is 0 Å². The molecule has 4 nitrogen and oxygen atoms in total. The first kappa shape index (κ1) is 9.38. The Morgan fingerprint density at radius 2 is 2.00 bits per heavy atom. The summed E-state index contributed by atoms with van der Waals surface area (Å²) in [5.41, 5.74) is 0. The lowest BCUT2D eigenvalue weighted by atomic mass is 10.3. The van der Waals surface area contributed by atoms with E-state index in [1.807, 2.05) is 14.1 Å². The van der Waals surface area contributed by atoms with Gasteiger partial charge in [0, 0.05) is 38.8 Å². The second-order valence-corrected chi connectivity index (χ2v) is 2.72. The molecule has 0 N–H and O–H groups in total. The summed E-state index contributed by atoms with van der Waals surface area (Å²) in [5, 5.41) is 0. The quantitative estimate of drug-likeness (QED) is 0.504. The minimum Gasteiger partial charge on any atom is -0.383 e. The van der Waals surface area contributed by atoms with Crippen molar-refractivity contribution in [1.82, 2.24) is 14.9 Å². The van der Waals surface area contributed by atoms with Crippen molar-refractivity contribution in [2.75, 3.05) is 14.1 Å². The minimum atomic E-state index is -0.186. The number of carbonyl (C=O) groups excluding carboxylic acids is 1. The van der Waals surface area contributed by atoms with Crippen LogP contribution in [-0.4, -0.2) is 34.7 Å². The van der Waals surface area contributed by atoms with Gasteiger partial charge in [0.25, 0.3) is 0 Å². The Morgan fingerprint density at radius 3 is 2.54 bits per heavy atom. The third-order valence-electron chi connectivity index (χ3n) is 1.31. The summed E-state index contributed by atoms with van der Waals surface area (Å²) in [6, 6.07) is 1.67. The van der Waals surface area contributed by atoms with Crippen LogP contribution in [0.2, 0.25) is 0 Å². The van der Waals surface area contributed by atoms with E-state index >= 15 is 0 Å². The largest absolute Gasteiger partial charge is 0.383 e. The fourth-order valence-electron chi connectivity index (χ4n) is 0.718. The molecule has 0 spiro atoms. The molecule has 68 valence electrons. The fraction of sp³-hybridized carbons (Fsp3) is 0.222. The smallest absolute Gasteiger partial charge is 0.224 e. The van der Waals surface area contributed by atoms with E-state index < -0.39 is 0 Å². The molecule has 0 fully saturated rings. The first-order valence-electron chi connectivity index (χ1n) is 3.86. The van der Waals surface area contributed by atoms with Crippen LogP contribution in [0.25, 0.3) is 0 Å². The standard InChI is InChI=1S/C9H11N3O/c1-12(2)7-4-8(13)9-10-5-3-6-11-9/h3-7H,1-2H3/b7-4+. The van der Waals surface area contributed by atoms with Gasteiger partial charge in [0.15, 0.2) is 5.82 Å². The third kappa shape index (κ3) is 3.02. The molecule has 0 aromatic carbocycles. The Balaban J connectivity index is 2.70. The molecule has 0 saturated carbocycles. The molecule has 0 aliphatic heterocycles. The molecule has 1 rings (SSSR count). The van der Waals surface area contributed by atoms with Gasteiger partial charge in [0.2, 0.25) is 5.78 Å². The van der Waals surface area contributed by atoms with Gasteiger partial charge >= 0.3 is 0 Å². The van der Waals surface area contributed by atoms with E-state index in [4.69, 9.17) is 0 Å². The number of hydrogen-bond acceptors (Lipinski definition) is 4. The Labute approximate surface area is 76.9 Å². The molecule has 0 unspecified atom stereocenters. The van der Waals surface area contributed by atoms with Crippen molar-refractivity contribution in [2.45, 2.75) is 0 Å². The van der Waals surface area contributed by atoms with Gasteiger partial charge in [-0.25, -0.2) is 9.97 Å². The SMILES string of the molecule is CN(C)/C=C/C(=O)c1ncccn1. The summed E-state index contributed by atoms with van der Waals surface area (Å²) >= 11 is 0. The summed E-state index contributed by atoms with van der Waals surface area (Å²) in [5.74, 6) is 0.0369. The molecule has 0 amide bonds. The lowest BCUT2D eigenvalue weighted by Crippen LogP contribution is -2.05. The second kappa shape index (κ2) is 4.35. The molecular weight excluding hydrogens is 166 g/mol. The molecular formula is C9H11N3O. The van der Waals surface area contributed by atoms with E-state index in [9.17, 15) is 4.79 Å².